The van der Waals surface area contributed by atoms with Gasteiger partial charge in [-0.25, -0.2) is 14.4 Å². The van der Waals surface area contributed by atoms with Crippen LogP contribution in [-0.4, -0.2) is 39.3 Å². The van der Waals surface area contributed by atoms with E-state index in [-0.39, 0.29) is 29.8 Å². The molecule has 0 atom stereocenters. The van der Waals surface area contributed by atoms with Crippen molar-refractivity contribution in [3.8, 4) is 11.5 Å². The van der Waals surface area contributed by atoms with Gasteiger partial charge in [0.15, 0.2) is 5.96 Å². The average Bonchev–Trinajstić information content (AvgIpc) is 3.28. The summed E-state index contributed by atoms with van der Waals surface area (Å²) in [5.74, 6) is 1.67. The Kier molecular flexibility index (Phi) is 7.70. The van der Waals surface area contributed by atoms with Crippen molar-refractivity contribution in [1.29, 1.82) is 0 Å². The molecule has 0 radical (unpaired) electrons. The van der Waals surface area contributed by atoms with Crippen molar-refractivity contribution in [3.05, 3.63) is 54.2 Å². The third kappa shape index (κ3) is 5.74. The maximum absolute atomic E-state index is 13.0. The normalized spacial score (nSPS) is 11.1. The lowest BCUT2D eigenvalue weighted by atomic mass is 10.2. The quantitative estimate of drug-likeness (QED) is 0.316. The second-order valence-corrected chi connectivity index (χ2v) is 5.55. The molecule has 2 aromatic heterocycles. The Labute approximate surface area is 173 Å². The van der Waals surface area contributed by atoms with Crippen LogP contribution in [0.25, 0.3) is 11.5 Å². The van der Waals surface area contributed by atoms with Crippen LogP contribution in [0, 0.1) is 5.82 Å². The molecule has 0 bridgehead atoms. The molecule has 2 heterocycles. The topological polar surface area (TPSA) is 93.2 Å². The highest BCUT2D eigenvalue weighted by molar-refractivity contribution is 14.0. The van der Waals surface area contributed by atoms with Crippen LogP contribution in [0.4, 0.5) is 4.39 Å². The van der Waals surface area contributed by atoms with Crippen LogP contribution in [0.5, 0.6) is 0 Å². The Hall–Kier alpha value is -2.50. The van der Waals surface area contributed by atoms with Gasteiger partial charge in [0.25, 0.3) is 0 Å². The molecule has 0 unspecified atom stereocenters. The molecule has 0 saturated carbocycles. The van der Waals surface area contributed by atoms with Crippen molar-refractivity contribution in [2.45, 2.75) is 13.0 Å². The first-order valence-corrected chi connectivity index (χ1v) is 8.13. The fraction of sp³-hybridized carbons (Fsp3) is 0.294. The van der Waals surface area contributed by atoms with Crippen LogP contribution in [0.1, 0.15) is 11.5 Å². The smallest absolute Gasteiger partial charge is 0.226 e. The minimum Gasteiger partial charge on any atom is -0.444 e. The molecule has 144 valence electrons. The van der Waals surface area contributed by atoms with Crippen LogP contribution < -0.4 is 10.6 Å². The van der Waals surface area contributed by atoms with Crippen LogP contribution >= 0.6 is 24.0 Å². The summed E-state index contributed by atoms with van der Waals surface area (Å²) in [5.41, 5.74) is 1.55. The molecule has 10 heteroatoms. The van der Waals surface area contributed by atoms with E-state index >= 15 is 0 Å². The Morgan fingerprint density at radius 2 is 2.04 bits per heavy atom. The lowest BCUT2D eigenvalue weighted by molar-refractivity contribution is 0.571. The highest BCUT2D eigenvalue weighted by Gasteiger charge is 2.07. The van der Waals surface area contributed by atoms with E-state index in [1.165, 1.54) is 18.5 Å². The summed E-state index contributed by atoms with van der Waals surface area (Å²) in [6.07, 6.45) is 3.78. The van der Waals surface area contributed by atoms with E-state index in [0.29, 0.717) is 31.4 Å². The molecule has 0 aliphatic rings. The molecule has 8 nitrogen and oxygen atoms in total. The van der Waals surface area contributed by atoms with Gasteiger partial charge in [-0.3, -0.25) is 9.67 Å². The zero-order valence-electron chi connectivity index (χ0n) is 15.0. The highest BCUT2D eigenvalue weighted by atomic mass is 127. The molecular weight excluding hydrogens is 464 g/mol. The highest BCUT2D eigenvalue weighted by Crippen LogP contribution is 2.18. The summed E-state index contributed by atoms with van der Waals surface area (Å²) in [6.45, 7) is 1.16. The van der Waals surface area contributed by atoms with Gasteiger partial charge in [-0.05, 0) is 24.3 Å². The lowest BCUT2D eigenvalue weighted by Crippen LogP contribution is -2.38. The Bertz CT molecular complexity index is 876. The number of hydrogen-bond donors (Lipinski definition) is 2. The van der Waals surface area contributed by atoms with Gasteiger partial charge in [0, 0.05) is 32.6 Å². The molecule has 0 aliphatic heterocycles. The number of rotatable bonds is 6. The van der Waals surface area contributed by atoms with E-state index < -0.39 is 0 Å². The van der Waals surface area contributed by atoms with Gasteiger partial charge in [0.2, 0.25) is 5.89 Å². The standard InChI is InChI=1S/C17H20FN7O.HI/c1-19-17(21-9-15-22-11-23-25(15)2)20-8-7-14-10-26-16(24-14)12-3-5-13(18)6-4-12;/h3-6,10-11H,7-9H2,1-2H3,(H2,19,20,21);1H. The first-order valence-electron chi connectivity index (χ1n) is 8.13. The Balaban J connectivity index is 0.00000261. The maximum atomic E-state index is 13.0. The van der Waals surface area contributed by atoms with Crippen LogP contribution in [0.2, 0.25) is 0 Å². The summed E-state index contributed by atoms with van der Waals surface area (Å²) >= 11 is 0. The second kappa shape index (κ2) is 10.00. The van der Waals surface area contributed by atoms with Gasteiger partial charge in [-0.2, -0.15) is 5.10 Å². The van der Waals surface area contributed by atoms with E-state index in [1.807, 2.05) is 7.05 Å². The van der Waals surface area contributed by atoms with Crippen molar-refractivity contribution < 1.29 is 8.81 Å². The molecule has 27 heavy (non-hydrogen) atoms. The molecule has 0 aliphatic carbocycles. The maximum Gasteiger partial charge on any atom is 0.226 e. The van der Waals surface area contributed by atoms with Crippen molar-refractivity contribution in [2.24, 2.45) is 12.0 Å². The van der Waals surface area contributed by atoms with Crippen LogP contribution in [0.15, 0.2) is 46.3 Å². The molecular formula is C17H21FIN7O. The fourth-order valence-electron chi connectivity index (χ4n) is 2.32. The van der Waals surface area contributed by atoms with Crippen molar-refractivity contribution in [1.82, 2.24) is 30.4 Å². The SMILES string of the molecule is CN=C(NCCc1coc(-c2ccc(F)cc2)n1)NCc1ncnn1C.I. The van der Waals surface area contributed by atoms with Gasteiger partial charge < -0.3 is 15.1 Å². The van der Waals surface area contributed by atoms with Gasteiger partial charge >= 0.3 is 0 Å². The summed E-state index contributed by atoms with van der Waals surface area (Å²) in [5, 5.41) is 10.4. The monoisotopic (exact) mass is 485 g/mol. The van der Waals surface area contributed by atoms with E-state index in [1.54, 1.807) is 30.1 Å². The van der Waals surface area contributed by atoms with E-state index in [9.17, 15) is 4.39 Å². The minimum absolute atomic E-state index is 0. The Morgan fingerprint density at radius 1 is 1.26 bits per heavy atom. The van der Waals surface area contributed by atoms with Crippen LogP contribution in [0.3, 0.4) is 0 Å². The third-order valence-electron chi connectivity index (χ3n) is 3.76. The molecule has 3 rings (SSSR count). The molecule has 2 N–H and O–H groups in total. The second-order valence-electron chi connectivity index (χ2n) is 5.55. The number of oxazole rings is 1. The number of guanidine groups is 1. The summed E-state index contributed by atoms with van der Waals surface area (Å²) in [6, 6.07) is 6.05. The lowest BCUT2D eigenvalue weighted by Gasteiger charge is -2.10. The number of aryl methyl sites for hydroxylation is 1. The molecule has 0 amide bonds. The molecule has 1 aromatic carbocycles. The number of aromatic nitrogens is 4. The van der Waals surface area contributed by atoms with Crippen molar-refractivity contribution >= 4 is 29.9 Å². The van der Waals surface area contributed by atoms with E-state index in [2.05, 4.69) is 30.7 Å². The summed E-state index contributed by atoms with van der Waals surface area (Å²) < 4.78 is 20.1. The molecule has 0 saturated heterocycles. The predicted octanol–water partition coefficient (Wildman–Crippen LogP) is 2.13. The van der Waals surface area contributed by atoms with Gasteiger partial charge in [-0.15, -0.1) is 24.0 Å². The largest absolute Gasteiger partial charge is 0.444 e. The van der Waals surface area contributed by atoms with Gasteiger partial charge in [-0.1, -0.05) is 0 Å². The number of hydrogen-bond acceptors (Lipinski definition) is 5. The van der Waals surface area contributed by atoms with Gasteiger partial charge in [0.1, 0.15) is 24.2 Å². The number of nitrogens with zero attached hydrogens (tertiary/aromatic N) is 5. The van der Waals surface area contributed by atoms with E-state index in [0.717, 1.165) is 17.1 Å². The number of nitrogens with one attached hydrogen (secondary N) is 2. The summed E-state index contributed by atoms with van der Waals surface area (Å²) in [4.78, 5) is 12.7. The van der Waals surface area contributed by atoms with E-state index in [4.69, 9.17) is 4.42 Å². The molecule has 3 aromatic rings. The van der Waals surface area contributed by atoms with Crippen LogP contribution in [-0.2, 0) is 20.0 Å². The minimum atomic E-state index is -0.287. The van der Waals surface area contributed by atoms with Crippen molar-refractivity contribution in [2.75, 3.05) is 13.6 Å². The third-order valence-corrected chi connectivity index (χ3v) is 3.76. The zero-order valence-corrected chi connectivity index (χ0v) is 17.3. The predicted molar refractivity (Wildman–Crippen MR) is 110 cm³/mol. The first-order chi connectivity index (χ1) is 12.7. The average molecular weight is 485 g/mol. The molecule has 0 fully saturated rings. The number of halogens is 2. The molecule has 0 spiro atoms. The fourth-order valence-corrected chi connectivity index (χ4v) is 2.32. The first kappa shape index (κ1) is 20.8. The zero-order chi connectivity index (χ0) is 18.4. The summed E-state index contributed by atoms with van der Waals surface area (Å²) in [7, 11) is 3.54. The Morgan fingerprint density at radius 3 is 2.70 bits per heavy atom. The van der Waals surface area contributed by atoms with Crippen molar-refractivity contribution in [3.63, 3.8) is 0 Å². The number of benzene rings is 1. The number of aliphatic imine (C=N–C) groups is 1. The van der Waals surface area contributed by atoms with Gasteiger partial charge in [0.05, 0.1) is 12.2 Å².